The number of fused-ring (bicyclic) bond motifs is 6. The fourth-order valence-corrected chi connectivity index (χ4v) is 20.4. The van der Waals surface area contributed by atoms with Crippen LogP contribution in [0.2, 0.25) is 0 Å². The van der Waals surface area contributed by atoms with Crippen molar-refractivity contribution in [2.45, 2.75) is 360 Å². The highest BCUT2D eigenvalue weighted by atomic mass is 16.6. The number of ether oxygens (including phenoxy) is 12. The minimum atomic E-state index is -3.29. The average Bonchev–Trinajstić information content (AvgIpc) is 0.771. The number of esters is 2. The number of ketones is 6. The molecule has 6 fully saturated rings. The molecule has 2 saturated carbocycles. The third-order valence-electron chi connectivity index (χ3n) is 29.1. The molecule has 8 aliphatic rings. The van der Waals surface area contributed by atoms with E-state index in [4.69, 9.17) is 76.0 Å². The van der Waals surface area contributed by atoms with Crippen LogP contribution in [-0.4, -0.2) is 290 Å². The number of rotatable bonds is 18. The van der Waals surface area contributed by atoms with E-state index in [1.807, 2.05) is 26.0 Å². The Hall–Kier alpha value is -6.82. The highest BCUT2D eigenvalue weighted by Gasteiger charge is 2.56. The Morgan fingerprint density at radius 2 is 0.831 bits per heavy atom. The van der Waals surface area contributed by atoms with E-state index in [0.29, 0.717) is 112 Å². The lowest BCUT2D eigenvalue weighted by Gasteiger charge is -2.42. The molecule has 8 rings (SSSR count). The van der Waals surface area contributed by atoms with E-state index in [-0.39, 0.29) is 124 Å². The highest BCUT2D eigenvalue weighted by Crippen LogP contribution is 2.43. The van der Waals surface area contributed by atoms with Crippen LogP contribution in [0.1, 0.15) is 270 Å². The molecule has 0 aromatic carbocycles. The summed E-state index contributed by atoms with van der Waals surface area (Å²) < 4.78 is 178. The number of piperidine rings is 2. The van der Waals surface area contributed by atoms with Crippen LogP contribution in [-0.2, 0) is 105 Å². The molecule has 6 N–H and O–H groups in total. The lowest BCUT2D eigenvalue weighted by molar-refractivity contribution is -0.265. The Balaban J connectivity index is 0.000000406. The normalized spacial score (nSPS) is 40.1. The van der Waals surface area contributed by atoms with Crippen LogP contribution in [0.25, 0.3) is 0 Å². The van der Waals surface area contributed by atoms with Crippen LogP contribution >= 0.6 is 0 Å². The maximum absolute atomic E-state index is 14.5. The second kappa shape index (κ2) is 56.7. The summed E-state index contributed by atoms with van der Waals surface area (Å²) in [7, 11) is -0.198. The van der Waals surface area contributed by atoms with Crippen molar-refractivity contribution >= 4 is 58.5 Å². The number of aliphatic hydroxyl groups is 6. The summed E-state index contributed by atoms with van der Waals surface area (Å²) in [6.07, 6.45) is 11.6. The molecular formula is C106H166N2O28. The molecule has 0 unspecified atom stereocenters. The third kappa shape index (κ3) is 32.6. The van der Waals surface area contributed by atoms with Crippen molar-refractivity contribution in [3.8, 4) is 0 Å². The first-order valence-electron chi connectivity index (χ1n) is 55.8. The summed E-state index contributed by atoms with van der Waals surface area (Å²) in [5.41, 5.74) is 1.60. The van der Waals surface area contributed by atoms with Crippen LogP contribution in [0.5, 0.6) is 0 Å². The van der Waals surface area contributed by atoms with Crippen molar-refractivity contribution in [3.05, 3.63) is 95.2 Å². The molecule has 30 atom stereocenters. The minimum absolute atomic E-state index is 0.0376. The summed E-state index contributed by atoms with van der Waals surface area (Å²) in [6, 6.07) is -2.59. The zero-order valence-electron chi connectivity index (χ0n) is 97.0. The number of carbonyl (C=O) groups is 10. The Morgan fingerprint density at radius 1 is 0.456 bits per heavy atom. The Morgan fingerprint density at radius 3 is 1.18 bits per heavy atom. The first-order chi connectivity index (χ1) is 69.7. The Bertz CT molecular complexity index is 4470. The maximum atomic E-state index is 14.5. The van der Waals surface area contributed by atoms with Gasteiger partial charge in [0.15, 0.2) is 11.6 Å². The minimum Gasteiger partial charge on any atom is -0.460 e. The first-order valence-corrected chi connectivity index (χ1v) is 48.8. The van der Waals surface area contributed by atoms with Crippen LogP contribution in [0.4, 0.5) is 0 Å². The molecule has 6 aliphatic heterocycles. The number of cyclic esters (lactones) is 2. The number of Topliss-reactive ketones (excluding diaryl/α,β-unsaturated/α-hetero) is 6. The number of amides is 2. The van der Waals surface area contributed by atoms with Gasteiger partial charge in [-0.15, -0.1) is 0 Å². The van der Waals surface area contributed by atoms with E-state index in [1.165, 1.54) is 40.6 Å². The molecule has 0 radical (unpaired) electrons. The van der Waals surface area contributed by atoms with Crippen LogP contribution in [0, 0.1) is 71.0 Å². The number of hydrogen-bond acceptors (Lipinski definition) is 28. The highest BCUT2D eigenvalue weighted by molar-refractivity contribution is 6.39. The molecule has 768 valence electrons. The van der Waals surface area contributed by atoms with Gasteiger partial charge in [-0.1, -0.05) is 142 Å². The predicted octanol–water partition coefficient (Wildman–Crippen LogP) is 12.4. The van der Waals surface area contributed by atoms with E-state index in [9.17, 15) is 78.6 Å². The molecule has 136 heavy (non-hydrogen) atoms. The zero-order valence-corrected chi connectivity index (χ0v) is 83.0. The molecule has 2 aliphatic carbocycles. The van der Waals surface area contributed by atoms with Gasteiger partial charge in [-0.3, -0.25) is 38.4 Å². The first kappa shape index (κ1) is 95.4. The van der Waals surface area contributed by atoms with Crippen molar-refractivity contribution in [2.75, 3.05) is 81.8 Å². The second-order valence-electron chi connectivity index (χ2n) is 39.6. The van der Waals surface area contributed by atoms with E-state index in [1.54, 1.807) is 132 Å². The summed E-state index contributed by atoms with van der Waals surface area (Å²) in [6.45, 7) is 11.1. The molecule has 2 amide bonds. The summed E-state index contributed by atoms with van der Waals surface area (Å²) >= 11 is 0. The smallest absolute Gasteiger partial charge is 0.329 e. The molecule has 4 bridgehead atoms. The predicted molar refractivity (Wildman–Crippen MR) is 512 cm³/mol. The van der Waals surface area contributed by atoms with Crippen LogP contribution in [0.15, 0.2) is 95.2 Å². The number of methoxy groups -OCH3 is 6. The molecule has 6 heterocycles. The van der Waals surface area contributed by atoms with Crippen molar-refractivity contribution < 1.29 is 155 Å². The summed E-state index contributed by atoms with van der Waals surface area (Å²) in [5.74, 6) is -19.5. The van der Waals surface area contributed by atoms with Gasteiger partial charge in [-0.2, -0.15) is 0 Å². The second-order valence-corrected chi connectivity index (χ2v) is 39.6. The van der Waals surface area contributed by atoms with Gasteiger partial charge in [0.2, 0.25) is 11.6 Å². The van der Waals surface area contributed by atoms with Gasteiger partial charge in [0.05, 0.1) is 94.3 Å². The number of aliphatic hydroxyl groups excluding tert-OH is 2. The fourth-order valence-electron chi connectivity index (χ4n) is 20.4. The van der Waals surface area contributed by atoms with E-state index >= 15 is 0 Å². The zero-order chi connectivity index (χ0) is 113. The third-order valence-corrected chi connectivity index (χ3v) is 29.1. The van der Waals surface area contributed by atoms with Crippen LogP contribution in [0.3, 0.4) is 0 Å². The van der Waals surface area contributed by atoms with E-state index in [0.717, 1.165) is 9.80 Å². The van der Waals surface area contributed by atoms with Gasteiger partial charge in [0, 0.05) is 117 Å². The van der Waals surface area contributed by atoms with Gasteiger partial charge in [-0.05, 0) is 214 Å². The fraction of sp³-hybridized carbons (Fsp3) is 0.755. The molecule has 30 nitrogen and oxygen atoms in total. The van der Waals surface area contributed by atoms with Gasteiger partial charge >= 0.3 is 11.9 Å². The van der Waals surface area contributed by atoms with Crippen molar-refractivity contribution in [2.24, 2.45) is 71.0 Å². The topological polar surface area (TPSA) is 409 Å². The largest absolute Gasteiger partial charge is 0.460 e. The molecule has 4 saturated heterocycles. The van der Waals surface area contributed by atoms with Crippen molar-refractivity contribution in [1.29, 1.82) is 0 Å². The molecular weight excluding hydrogens is 1750 g/mol. The SMILES string of the molecule is [2H]C([2H])([2H])O[C@H]1C[C@@H]2CC[C@@H](C)[C@@](O)(O2)C(=O)C(=O)N2CCCC[C@H]2C(=O)O[C@H]([C@H](C)C[C@@H]2CC[C@@H](OC([2H])([2H])C([2H])([2H])O)[C@H](OC)C2)CC(=O)[C@H](C)/C=C(\C)[C@@H](O)[C@@H](OC)C(=O)[C@H](C)C[C@H](C)/C=C/C=CC=C1C.[2H]C([2H])([2H])O[C@H]1C[C@@H]2CC[C@@H](C)[C@@](O)(O2)C(=O)C(=O)N2CCCC[C@H]2C(=O)O[C@H]([C@H](C)C[C@@H]2CC[C@@H](OC([2H])([2H])C([2H])([2H])O)[C@H](OC)C2)CC(=O)[C@H](C)/C=C(\C)[C@@H](O)[C@@H](OC)C(=O)[C@H](C)C[C@H](C)/C=C/C=CC=C1C. The Kier molecular flexibility index (Phi) is 39.8. The monoisotopic (exact) mass is 1930 g/mol. The molecule has 0 spiro atoms. The van der Waals surface area contributed by atoms with Crippen molar-refractivity contribution in [1.82, 2.24) is 9.80 Å². The lowest BCUT2D eigenvalue weighted by atomic mass is 9.78. The van der Waals surface area contributed by atoms with Gasteiger partial charge in [-0.25, -0.2) is 9.59 Å². The summed E-state index contributed by atoms with van der Waals surface area (Å²) in [5, 5.41) is 66.7. The number of nitrogens with zero attached hydrogens (tertiary/aromatic N) is 2. The maximum Gasteiger partial charge on any atom is 0.329 e. The number of allylic oxidation sites excluding steroid dienone is 12. The van der Waals surface area contributed by atoms with Gasteiger partial charge < -0.3 is 97.3 Å². The van der Waals surface area contributed by atoms with Gasteiger partial charge in [0.1, 0.15) is 60.3 Å². The Labute approximate surface area is 827 Å². The molecule has 30 heteroatoms. The van der Waals surface area contributed by atoms with E-state index < -0.39 is 232 Å². The quantitative estimate of drug-likeness (QED) is 0.0422. The van der Waals surface area contributed by atoms with Gasteiger partial charge in [0.25, 0.3) is 23.4 Å². The number of hydrogen-bond donors (Lipinski definition) is 6. The summed E-state index contributed by atoms with van der Waals surface area (Å²) in [4.78, 5) is 145. The lowest BCUT2D eigenvalue weighted by Crippen LogP contribution is -2.61. The average molecular weight is 1930 g/mol. The van der Waals surface area contributed by atoms with Crippen LogP contribution < -0.4 is 0 Å². The number of carbonyl (C=O) groups excluding carboxylic acids is 10. The molecule has 0 aromatic rings. The standard InChI is InChI=1S/2C53H83NO14/c2*1-32-16-12-11-13-17-33(2)44(63-8)30-40-21-19-38(7)53(62,68-40)50(59)51(60)54-23-15-14-18-41(54)52(61)67-45(35(4)28-39-20-22-43(66-25-24-55)46(29-39)64-9)31-42(56)34(3)27-37(6)48(58)49(65-10)47(57)36(5)26-32/h2*11-13,16-17,27,32,34-36,38-41,43-46,48-49,55,58,62H,14-15,18-26,28-31H2,1-10H3/b2*13-11?,16-12+,33-17?,37-27+/t2*32-,34-,35-,36-,38-,39+,40+,41+,43-,44+,45+,46-,48-,49+,53-/m11/s1/i2*8D3,24D2,25D2. The molecule has 0 aromatic heterocycles. The van der Waals surface area contributed by atoms with Crippen molar-refractivity contribution in [3.63, 3.8) is 0 Å². The van der Waals surface area contributed by atoms with E-state index in [2.05, 4.69) is 0 Å².